The molecule has 0 saturated heterocycles. The van der Waals surface area contributed by atoms with Crippen molar-refractivity contribution in [1.29, 1.82) is 0 Å². The first-order chi connectivity index (χ1) is 8.52. The molecule has 0 aliphatic carbocycles. The lowest BCUT2D eigenvalue weighted by Crippen LogP contribution is -2.28. The lowest BCUT2D eigenvalue weighted by atomic mass is 10.0. The van der Waals surface area contributed by atoms with Crippen molar-refractivity contribution in [3.05, 3.63) is 29.7 Å². The van der Waals surface area contributed by atoms with Crippen LogP contribution in [0.5, 0.6) is 0 Å². The van der Waals surface area contributed by atoms with Crippen LogP contribution in [0.3, 0.4) is 0 Å². The number of ether oxygens (including phenoxy) is 1. The van der Waals surface area contributed by atoms with E-state index in [2.05, 4.69) is 9.72 Å². The zero-order valence-corrected chi connectivity index (χ0v) is 9.95. The molecule has 0 aliphatic rings. The van der Waals surface area contributed by atoms with Gasteiger partial charge in [0, 0.05) is 6.92 Å². The van der Waals surface area contributed by atoms with Crippen LogP contribution in [-0.2, 0) is 9.53 Å². The molecule has 2 rings (SSSR count). The maximum atomic E-state index is 11.1. The summed E-state index contributed by atoms with van der Waals surface area (Å²) in [5.41, 5.74) is 1.51. The van der Waals surface area contributed by atoms with Gasteiger partial charge in [-0.2, -0.15) is 0 Å². The Hall–Kier alpha value is -1.92. The first-order valence-corrected chi connectivity index (χ1v) is 5.34. The number of methoxy groups -OCH3 is 1. The van der Waals surface area contributed by atoms with Crippen molar-refractivity contribution in [1.82, 2.24) is 4.98 Å². The fourth-order valence-corrected chi connectivity index (χ4v) is 1.68. The van der Waals surface area contributed by atoms with Crippen molar-refractivity contribution < 1.29 is 24.2 Å². The van der Waals surface area contributed by atoms with Crippen LogP contribution in [0.2, 0.25) is 0 Å². The molecular weight excluding hydrogens is 238 g/mol. The minimum absolute atomic E-state index is 0.369. The number of fused-ring (bicyclic) bond motifs is 1. The van der Waals surface area contributed by atoms with Gasteiger partial charge in [0.2, 0.25) is 0 Å². The van der Waals surface area contributed by atoms with Crippen LogP contribution >= 0.6 is 0 Å². The number of rotatable bonds is 3. The van der Waals surface area contributed by atoms with Crippen molar-refractivity contribution in [2.75, 3.05) is 7.11 Å². The first kappa shape index (κ1) is 12.5. The predicted molar refractivity (Wildman–Crippen MR) is 61.7 cm³/mol. The van der Waals surface area contributed by atoms with Crippen LogP contribution in [0.25, 0.3) is 11.1 Å². The van der Waals surface area contributed by atoms with Crippen molar-refractivity contribution >= 4 is 17.1 Å². The van der Waals surface area contributed by atoms with Gasteiger partial charge in [0.1, 0.15) is 11.6 Å². The van der Waals surface area contributed by atoms with E-state index in [0.717, 1.165) is 7.11 Å². The second-order valence-electron chi connectivity index (χ2n) is 3.87. The summed E-state index contributed by atoms with van der Waals surface area (Å²) in [6, 6.07) is 4.74. The number of hydrogen-bond acceptors (Lipinski definition) is 6. The molecule has 0 saturated carbocycles. The minimum Gasteiger partial charge on any atom is -0.467 e. The second kappa shape index (κ2) is 4.75. The van der Waals surface area contributed by atoms with Gasteiger partial charge >= 0.3 is 5.97 Å². The third-order valence-corrected chi connectivity index (χ3v) is 2.60. The molecule has 2 unspecified atom stereocenters. The fourth-order valence-electron chi connectivity index (χ4n) is 1.68. The fraction of sp³-hybridized carbons (Fsp3) is 0.333. The molecule has 0 amide bonds. The number of hydrogen-bond donors (Lipinski definition) is 2. The highest BCUT2D eigenvalue weighted by Gasteiger charge is 2.26. The molecule has 2 atom stereocenters. The predicted octanol–water partition coefficient (Wildman–Crippen LogP) is 0.704. The van der Waals surface area contributed by atoms with Crippen molar-refractivity contribution in [3.8, 4) is 0 Å². The quantitative estimate of drug-likeness (QED) is 0.780. The maximum Gasteiger partial charge on any atom is 0.337 e. The standard InChI is InChI=1S/C12H13NO5/c1-6-13-8-5-7(3-4-9(8)18-6)10(14)11(15)12(16)17-2/h3-5,10-11,14-15H,1-2H3. The smallest absolute Gasteiger partial charge is 0.337 e. The summed E-state index contributed by atoms with van der Waals surface area (Å²) in [6.07, 6.45) is -2.99. The molecule has 0 spiro atoms. The third kappa shape index (κ3) is 2.20. The third-order valence-electron chi connectivity index (χ3n) is 2.60. The average molecular weight is 251 g/mol. The van der Waals surface area contributed by atoms with Gasteiger partial charge in [-0.3, -0.25) is 0 Å². The van der Waals surface area contributed by atoms with E-state index < -0.39 is 18.2 Å². The molecule has 96 valence electrons. The SMILES string of the molecule is COC(=O)C(O)C(O)c1ccc2oc(C)nc2c1. The maximum absolute atomic E-state index is 11.1. The number of esters is 1. The Labute approximate surface area is 103 Å². The highest BCUT2D eigenvalue weighted by atomic mass is 16.5. The Morgan fingerprint density at radius 2 is 2.17 bits per heavy atom. The summed E-state index contributed by atoms with van der Waals surface area (Å²) in [7, 11) is 1.14. The van der Waals surface area contributed by atoms with Crippen molar-refractivity contribution in [2.24, 2.45) is 0 Å². The monoisotopic (exact) mass is 251 g/mol. The van der Waals surface area contributed by atoms with E-state index in [1.165, 1.54) is 0 Å². The minimum atomic E-state index is -1.62. The van der Waals surface area contributed by atoms with Crippen LogP contribution in [0.15, 0.2) is 22.6 Å². The molecule has 0 radical (unpaired) electrons. The number of oxazole rings is 1. The van der Waals surface area contributed by atoms with Gasteiger partial charge in [0.05, 0.1) is 7.11 Å². The molecule has 0 aliphatic heterocycles. The van der Waals surface area contributed by atoms with Gasteiger partial charge in [-0.1, -0.05) is 6.07 Å². The zero-order chi connectivity index (χ0) is 13.3. The van der Waals surface area contributed by atoms with E-state index in [0.29, 0.717) is 22.6 Å². The number of carbonyl (C=O) groups is 1. The number of aliphatic hydroxyl groups is 2. The Kier molecular flexibility index (Phi) is 3.31. The first-order valence-electron chi connectivity index (χ1n) is 5.34. The van der Waals surface area contributed by atoms with Gasteiger partial charge < -0.3 is 19.4 Å². The lowest BCUT2D eigenvalue weighted by molar-refractivity contribution is -0.156. The topological polar surface area (TPSA) is 92.8 Å². The van der Waals surface area contributed by atoms with Crippen LogP contribution in [0.1, 0.15) is 17.6 Å². The van der Waals surface area contributed by atoms with Crippen LogP contribution in [0, 0.1) is 6.92 Å². The molecular formula is C12H13NO5. The van der Waals surface area contributed by atoms with E-state index in [1.54, 1.807) is 25.1 Å². The normalized spacial score (nSPS) is 14.4. The van der Waals surface area contributed by atoms with Crippen molar-refractivity contribution in [3.63, 3.8) is 0 Å². The van der Waals surface area contributed by atoms with Crippen LogP contribution in [0.4, 0.5) is 0 Å². The van der Waals surface area contributed by atoms with Crippen molar-refractivity contribution in [2.45, 2.75) is 19.1 Å². The van der Waals surface area contributed by atoms with Gasteiger partial charge in [-0.15, -0.1) is 0 Å². The zero-order valence-electron chi connectivity index (χ0n) is 9.95. The number of benzene rings is 1. The van der Waals surface area contributed by atoms with Crippen LogP contribution in [-0.4, -0.2) is 34.4 Å². The summed E-state index contributed by atoms with van der Waals surface area (Å²) in [4.78, 5) is 15.2. The Balaban J connectivity index is 2.32. The summed E-state index contributed by atoms with van der Waals surface area (Å²) in [5, 5.41) is 19.4. The highest BCUT2D eigenvalue weighted by Crippen LogP contribution is 2.23. The summed E-state index contributed by atoms with van der Waals surface area (Å²) in [5.74, 6) is -0.385. The van der Waals surface area contributed by atoms with Gasteiger partial charge in [0.15, 0.2) is 17.6 Å². The number of nitrogens with zero attached hydrogens (tertiary/aromatic N) is 1. The van der Waals surface area contributed by atoms with Gasteiger partial charge in [-0.25, -0.2) is 9.78 Å². The number of aryl methyl sites for hydroxylation is 1. The number of carbonyl (C=O) groups excluding carboxylic acids is 1. The van der Waals surface area contributed by atoms with Gasteiger partial charge in [0.25, 0.3) is 0 Å². The molecule has 1 heterocycles. The highest BCUT2D eigenvalue weighted by molar-refractivity contribution is 5.77. The lowest BCUT2D eigenvalue weighted by Gasteiger charge is -2.15. The summed E-state index contributed by atoms with van der Waals surface area (Å²) < 4.78 is 9.65. The number of aromatic nitrogens is 1. The Bertz CT molecular complexity index is 577. The molecule has 6 heteroatoms. The van der Waals surface area contributed by atoms with E-state index in [9.17, 15) is 15.0 Å². The molecule has 18 heavy (non-hydrogen) atoms. The molecule has 0 bridgehead atoms. The Morgan fingerprint density at radius 3 is 2.83 bits per heavy atom. The molecule has 2 aromatic rings. The van der Waals surface area contributed by atoms with E-state index >= 15 is 0 Å². The van der Waals surface area contributed by atoms with E-state index in [-0.39, 0.29) is 0 Å². The molecule has 0 fully saturated rings. The van der Waals surface area contributed by atoms with Gasteiger partial charge in [-0.05, 0) is 17.7 Å². The Morgan fingerprint density at radius 1 is 1.44 bits per heavy atom. The molecule has 2 N–H and O–H groups in total. The summed E-state index contributed by atoms with van der Waals surface area (Å²) in [6.45, 7) is 1.71. The van der Waals surface area contributed by atoms with E-state index in [4.69, 9.17) is 4.42 Å². The molecule has 6 nitrogen and oxygen atoms in total. The average Bonchev–Trinajstić information content (AvgIpc) is 2.74. The van der Waals surface area contributed by atoms with E-state index in [1.807, 2.05) is 0 Å². The molecule has 1 aromatic heterocycles. The largest absolute Gasteiger partial charge is 0.467 e. The number of aliphatic hydroxyl groups excluding tert-OH is 2. The summed E-state index contributed by atoms with van der Waals surface area (Å²) >= 11 is 0. The second-order valence-corrected chi connectivity index (χ2v) is 3.87. The molecule has 1 aromatic carbocycles. The van der Waals surface area contributed by atoms with Crippen LogP contribution < -0.4 is 0 Å².